The Morgan fingerprint density at radius 3 is 2.58 bits per heavy atom. The zero-order valence-electron chi connectivity index (χ0n) is 13.9. The van der Waals surface area contributed by atoms with Gasteiger partial charge in [0.25, 0.3) is 0 Å². The molecule has 1 aromatic heterocycles. The second kappa shape index (κ2) is 6.35. The van der Waals surface area contributed by atoms with E-state index in [1.54, 1.807) is 4.68 Å². The zero-order chi connectivity index (χ0) is 17.3. The van der Waals surface area contributed by atoms with Crippen molar-refractivity contribution in [3.8, 4) is 0 Å². The fourth-order valence-electron chi connectivity index (χ4n) is 3.23. The molecule has 0 bridgehead atoms. The molecule has 0 spiro atoms. The molecule has 0 unspecified atom stereocenters. The Morgan fingerprint density at radius 1 is 1.33 bits per heavy atom. The van der Waals surface area contributed by atoms with Gasteiger partial charge in [0.15, 0.2) is 0 Å². The molecular weight excluding hydrogens is 304 g/mol. The number of carbonyl (C=O) groups excluding carboxylic acids is 1. The van der Waals surface area contributed by atoms with Crippen LogP contribution in [0.1, 0.15) is 25.5 Å². The van der Waals surface area contributed by atoms with Crippen molar-refractivity contribution in [3.05, 3.63) is 48.4 Å². The molecule has 1 aliphatic heterocycles. The number of benzene rings is 1. The Hall–Kier alpha value is -2.83. The third-order valence-corrected chi connectivity index (χ3v) is 4.47. The van der Waals surface area contributed by atoms with E-state index in [9.17, 15) is 4.79 Å². The maximum absolute atomic E-state index is 12.0. The van der Waals surface area contributed by atoms with Crippen LogP contribution < -0.4 is 16.0 Å². The number of hydrogen-bond donors (Lipinski definition) is 2. The lowest BCUT2D eigenvalue weighted by Gasteiger charge is -2.33. The van der Waals surface area contributed by atoms with Gasteiger partial charge < -0.3 is 16.0 Å². The Morgan fingerprint density at radius 2 is 2.00 bits per heavy atom. The molecule has 1 amide bonds. The molecule has 0 aliphatic carbocycles. The highest BCUT2D eigenvalue weighted by molar-refractivity contribution is 5.82. The number of nitrogens with one attached hydrogen (secondary N) is 1. The summed E-state index contributed by atoms with van der Waals surface area (Å²) in [6.45, 7) is 10.1. The Balaban J connectivity index is 2.02. The summed E-state index contributed by atoms with van der Waals surface area (Å²) in [5.41, 5.74) is 8.26. The van der Waals surface area contributed by atoms with Gasteiger partial charge in [-0.1, -0.05) is 18.7 Å². The summed E-state index contributed by atoms with van der Waals surface area (Å²) < 4.78 is 1.69. The number of amides is 1. The molecule has 0 saturated carbocycles. The molecule has 3 N–H and O–H groups in total. The van der Waals surface area contributed by atoms with E-state index < -0.39 is 11.8 Å². The summed E-state index contributed by atoms with van der Waals surface area (Å²) >= 11 is 0. The summed E-state index contributed by atoms with van der Waals surface area (Å²) in [6, 6.07) is 7.79. The maximum atomic E-state index is 12.0. The number of hydrogen-bond acceptors (Lipinski definition) is 5. The number of nitrogens with two attached hydrogens (primary N) is 1. The molecule has 3 rings (SSSR count). The van der Waals surface area contributed by atoms with E-state index in [0.29, 0.717) is 11.6 Å². The molecule has 0 saturated heterocycles. The van der Waals surface area contributed by atoms with Crippen molar-refractivity contribution in [2.24, 2.45) is 11.7 Å². The van der Waals surface area contributed by atoms with E-state index >= 15 is 0 Å². The summed E-state index contributed by atoms with van der Waals surface area (Å²) in [6.07, 6.45) is 1.45. The topological polar surface area (TPSA) is 89.1 Å². The maximum Gasteiger partial charge on any atom is 0.229 e. The smallest absolute Gasteiger partial charge is 0.229 e. The zero-order valence-corrected chi connectivity index (χ0v) is 13.9. The van der Waals surface area contributed by atoms with Crippen LogP contribution >= 0.6 is 0 Å². The van der Waals surface area contributed by atoms with Gasteiger partial charge in [-0.2, -0.15) is 10.1 Å². The number of aromatic nitrogens is 3. The lowest BCUT2D eigenvalue weighted by molar-refractivity contribution is -0.121. The van der Waals surface area contributed by atoms with Crippen LogP contribution in [0.5, 0.6) is 0 Å². The first-order chi connectivity index (χ1) is 11.6. The summed E-state index contributed by atoms with van der Waals surface area (Å²) in [4.78, 5) is 18.4. The van der Waals surface area contributed by atoms with E-state index in [4.69, 9.17) is 5.73 Å². The highest BCUT2D eigenvalue weighted by Gasteiger charge is 2.38. The minimum atomic E-state index is -0.585. The van der Waals surface area contributed by atoms with E-state index in [-0.39, 0.29) is 6.04 Å². The second-order valence-electron chi connectivity index (χ2n) is 5.77. The molecule has 1 aliphatic rings. The van der Waals surface area contributed by atoms with Crippen LogP contribution in [0.25, 0.3) is 0 Å². The number of fused-ring (bicyclic) bond motifs is 1. The van der Waals surface area contributed by atoms with Gasteiger partial charge in [-0.05, 0) is 31.5 Å². The normalized spacial score (nSPS) is 19.5. The molecule has 7 heteroatoms. The summed E-state index contributed by atoms with van der Waals surface area (Å²) in [7, 11) is 0. The van der Waals surface area contributed by atoms with E-state index in [1.165, 1.54) is 6.33 Å². The van der Waals surface area contributed by atoms with Gasteiger partial charge in [-0.25, -0.2) is 4.68 Å². The van der Waals surface area contributed by atoms with Crippen LogP contribution in [0.15, 0.2) is 42.9 Å². The van der Waals surface area contributed by atoms with Crippen LogP contribution in [0.4, 0.5) is 11.6 Å². The van der Waals surface area contributed by atoms with Crippen molar-refractivity contribution in [1.29, 1.82) is 0 Å². The monoisotopic (exact) mass is 326 g/mol. The third kappa shape index (κ3) is 2.62. The fraction of sp³-hybridized carbons (Fsp3) is 0.353. The molecular formula is C17H22N6O. The molecule has 2 heterocycles. The first-order valence-corrected chi connectivity index (χ1v) is 8.06. The van der Waals surface area contributed by atoms with Crippen molar-refractivity contribution < 1.29 is 4.79 Å². The van der Waals surface area contributed by atoms with Crippen LogP contribution in [0.2, 0.25) is 0 Å². The molecule has 24 heavy (non-hydrogen) atoms. The molecule has 1 aromatic carbocycles. The van der Waals surface area contributed by atoms with Gasteiger partial charge in [-0.3, -0.25) is 4.79 Å². The van der Waals surface area contributed by atoms with Crippen molar-refractivity contribution in [3.63, 3.8) is 0 Å². The van der Waals surface area contributed by atoms with Crippen LogP contribution in [-0.4, -0.2) is 33.8 Å². The standard InChI is InChI=1S/C17H22N6O/c1-4-22(5-2)13-8-6-12(7-9-13)15-14(16(18)24)11(3)21-17-19-10-20-23(15)17/h6-10,14-15H,3-5H2,1-2H3,(H2,18,24)(H,19,20,21)/t14-,15-/m1/s1. The van der Waals surface area contributed by atoms with Crippen molar-refractivity contribution in [2.45, 2.75) is 19.9 Å². The molecule has 7 nitrogen and oxygen atoms in total. The van der Waals surface area contributed by atoms with Crippen LogP contribution in [0.3, 0.4) is 0 Å². The van der Waals surface area contributed by atoms with Crippen molar-refractivity contribution in [1.82, 2.24) is 14.8 Å². The minimum absolute atomic E-state index is 0.348. The van der Waals surface area contributed by atoms with Gasteiger partial charge in [0.05, 0.1) is 6.04 Å². The van der Waals surface area contributed by atoms with Gasteiger partial charge in [0, 0.05) is 24.5 Å². The Kier molecular flexibility index (Phi) is 4.24. The van der Waals surface area contributed by atoms with Crippen LogP contribution in [0, 0.1) is 5.92 Å². The number of carbonyl (C=O) groups is 1. The van der Waals surface area contributed by atoms with Crippen molar-refractivity contribution >= 4 is 17.5 Å². The largest absolute Gasteiger partial charge is 0.372 e. The fourth-order valence-corrected chi connectivity index (χ4v) is 3.23. The van der Waals surface area contributed by atoms with E-state index in [0.717, 1.165) is 24.3 Å². The number of anilines is 2. The first kappa shape index (κ1) is 16.0. The molecule has 126 valence electrons. The number of rotatable bonds is 5. The molecule has 2 atom stereocenters. The average molecular weight is 326 g/mol. The predicted molar refractivity (Wildman–Crippen MR) is 93.6 cm³/mol. The van der Waals surface area contributed by atoms with Gasteiger partial charge in [0.1, 0.15) is 12.2 Å². The number of primary amides is 1. The summed E-state index contributed by atoms with van der Waals surface area (Å²) in [5.74, 6) is -0.458. The number of nitrogens with zero attached hydrogens (tertiary/aromatic N) is 4. The SMILES string of the molecule is C=C1Nc2ncnn2[C@H](c2ccc(N(CC)CC)cc2)[C@@H]1C(N)=O. The first-order valence-electron chi connectivity index (χ1n) is 8.06. The highest BCUT2D eigenvalue weighted by Crippen LogP contribution is 2.37. The second-order valence-corrected chi connectivity index (χ2v) is 5.77. The van der Waals surface area contributed by atoms with E-state index in [1.807, 2.05) is 12.1 Å². The lowest BCUT2D eigenvalue weighted by Crippen LogP contribution is -2.40. The molecule has 2 aromatic rings. The highest BCUT2D eigenvalue weighted by atomic mass is 16.1. The van der Waals surface area contributed by atoms with Gasteiger partial charge in [0.2, 0.25) is 11.9 Å². The van der Waals surface area contributed by atoms with E-state index in [2.05, 4.69) is 52.9 Å². The van der Waals surface area contributed by atoms with Gasteiger partial charge >= 0.3 is 0 Å². The third-order valence-electron chi connectivity index (χ3n) is 4.47. The average Bonchev–Trinajstić information content (AvgIpc) is 3.03. The Bertz CT molecular complexity index is 747. The van der Waals surface area contributed by atoms with Gasteiger partial charge in [-0.15, -0.1) is 0 Å². The molecule has 0 radical (unpaired) electrons. The molecule has 0 fully saturated rings. The van der Waals surface area contributed by atoms with Crippen molar-refractivity contribution in [2.75, 3.05) is 23.3 Å². The predicted octanol–water partition coefficient (Wildman–Crippen LogP) is 1.75. The summed E-state index contributed by atoms with van der Waals surface area (Å²) in [5, 5.41) is 7.26. The lowest BCUT2D eigenvalue weighted by atomic mass is 9.88. The Labute approximate surface area is 141 Å². The van der Waals surface area contributed by atoms with Crippen LogP contribution in [-0.2, 0) is 4.79 Å². The quantitative estimate of drug-likeness (QED) is 0.874. The minimum Gasteiger partial charge on any atom is -0.372 e.